The van der Waals surface area contributed by atoms with E-state index in [-0.39, 0.29) is 35.6 Å². The number of rotatable bonds is 7. The Bertz CT molecular complexity index is 470. The fourth-order valence-corrected chi connectivity index (χ4v) is 1.78. The van der Waals surface area contributed by atoms with Crippen molar-refractivity contribution in [1.82, 2.24) is 4.98 Å². The molecule has 20 heavy (non-hydrogen) atoms. The summed E-state index contributed by atoms with van der Waals surface area (Å²) >= 11 is -0.194. The highest BCUT2D eigenvalue weighted by atomic mass is 32.2. The molecule has 0 radical (unpaired) electrons. The highest BCUT2D eigenvalue weighted by Gasteiger charge is 2.27. The Kier molecular flexibility index (Phi) is 5.86. The van der Waals surface area contributed by atoms with Crippen molar-refractivity contribution in [2.75, 3.05) is 29.5 Å². The van der Waals surface area contributed by atoms with Crippen LogP contribution in [0, 0.1) is 10.1 Å². The molecule has 0 fully saturated rings. The molecule has 2 N–H and O–H groups in total. The van der Waals surface area contributed by atoms with Gasteiger partial charge in [0.05, 0.1) is 4.92 Å². The third-order valence-electron chi connectivity index (χ3n) is 2.09. The summed E-state index contributed by atoms with van der Waals surface area (Å²) in [5.74, 6) is 0.119. The lowest BCUT2D eigenvalue weighted by molar-refractivity contribution is -0.384. The topological polar surface area (TPSA) is 80.1 Å². The Balaban J connectivity index is 2.70. The number of thioether (sulfide) groups is 1. The average molecular weight is 310 g/mol. The number of nitro groups is 1. The summed E-state index contributed by atoms with van der Waals surface area (Å²) in [5, 5.41) is 16.2. The van der Waals surface area contributed by atoms with Gasteiger partial charge in [-0.2, -0.15) is 13.2 Å². The van der Waals surface area contributed by atoms with Crippen molar-refractivity contribution >= 4 is 29.1 Å². The van der Waals surface area contributed by atoms with Gasteiger partial charge in [-0.05, 0) is 24.8 Å². The quantitative estimate of drug-likeness (QED) is 0.458. The summed E-state index contributed by atoms with van der Waals surface area (Å²) in [5.41, 5.74) is -4.59. The summed E-state index contributed by atoms with van der Waals surface area (Å²) in [6, 6.07) is 2.70. The second-order valence-electron chi connectivity index (χ2n) is 3.57. The molecule has 1 rings (SSSR count). The van der Waals surface area contributed by atoms with E-state index in [1.807, 2.05) is 6.92 Å². The second-order valence-corrected chi connectivity index (χ2v) is 4.73. The molecule has 1 heterocycles. The van der Waals surface area contributed by atoms with Gasteiger partial charge in [0.25, 0.3) is 0 Å². The van der Waals surface area contributed by atoms with Crippen molar-refractivity contribution in [3.63, 3.8) is 0 Å². The SMILES string of the molecule is CCNc1ccc([N+](=O)[O-])c(NCCSC(F)(F)F)n1. The maximum absolute atomic E-state index is 12.0. The lowest BCUT2D eigenvalue weighted by atomic mass is 10.3. The molecule has 1 aromatic rings. The van der Waals surface area contributed by atoms with Crippen LogP contribution in [-0.4, -0.2) is 34.3 Å². The number of hydrogen-bond acceptors (Lipinski definition) is 6. The van der Waals surface area contributed by atoms with E-state index in [1.165, 1.54) is 12.1 Å². The Morgan fingerprint density at radius 3 is 2.65 bits per heavy atom. The van der Waals surface area contributed by atoms with E-state index in [9.17, 15) is 23.3 Å². The van der Waals surface area contributed by atoms with E-state index in [0.717, 1.165) is 0 Å². The summed E-state index contributed by atoms with van der Waals surface area (Å²) in [6.45, 7) is 2.33. The average Bonchev–Trinajstić information content (AvgIpc) is 2.34. The molecule has 112 valence electrons. The van der Waals surface area contributed by atoms with Gasteiger partial charge in [0.15, 0.2) is 0 Å². The van der Waals surface area contributed by atoms with Crippen LogP contribution in [0.15, 0.2) is 12.1 Å². The Labute approximate surface area is 117 Å². The number of halogens is 3. The number of aromatic nitrogens is 1. The first-order valence-electron chi connectivity index (χ1n) is 5.67. The minimum Gasteiger partial charge on any atom is -0.370 e. The molecule has 0 amide bonds. The van der Waals surface area contributed by atoms with Crippen molar-refractivity contribution < 1.29 is 18.1 Å². The molecule has 0 saturated carbocycles. The lowest BCUT2D eigenvalue weighted by Gasteiger charge is -2.09. The monoisotopic (exact) mass is 310 g/mol. The summed E-state index contributed by atoms with van der Waals surface area (Å²) in [7, 11) is 0. The number of pyridine rings is 1. The van der Waals surface area contributed by atoms with Crippen LogP contribution >= 0.6 is 11.8 Å². The van der Waals surface area contributed by atoms with Gasteiger partial charge in [0.1, 0.15) is 5.82 Å². The fraction of sp³-hybridized carbons (Fsp3) is 0.500. The van der Waals surface area contributed by atoms with Gasteiger partial charge in [-0.15, -0.1) is 0 Å². The maximum atomic E-state index is 12.0. The third kappa shape index (κ3) is 5.51. The molecule has 1 aromatic heterocycles. The van der Waals surface area contributed by atoms with Crippen LogP contribution in [0.1, 0.15) is 6.92 Å². The number of nitrogens with zero attached hydrogens (tertiary/aromatic N) is 2. The van der Waals surface area contributed by atoms with Gasteiger partial charge in [0.2, 0.25) is 5.82 Å². The van der Waals surface area contributed by atoms with Crippen LogP contribution in [0.25, 0.3) is 0 Å². The lowest BCUT2D eigenvalue weighted by Crippen LogP contribution is -2.12. The summed E-state index contributed by atoms with van der Waals surface area (Å²) in [6.07, 6.45) is 0. The number of hydrogen-bond donors (Lipinski definition) is 2. The van der Waals surface area contributed by atoms with Crippen molar-refractivity contribution in [2.24, 2.45) is 0 Å². The molecule has 0 spiro atoms. The molecule has 0 bridgehead atoms. The number of nitrogens with one attached hydrogen (secondary N) is 2. The van der Waals surface area contributed by atoms with Crippen molar-refractivity contribution in [2.45, 2.75) is 12.4 Å². The van der Waals surface area contributed by atoms with Gasteiger partial charge in [0, 0.05) is 24.9 Å². The van der Waals surface area contributed by atoms with Gasteiger partial charge in [-0.3, -0.25) is 10.1 Å². The number of alkyl halides is 3. The smallest absolute Gasteiger partial charge is 0.370 e. The molecule has 0 saturated heterocycles. The third-order valence-corrected chi connectivity index (χ3v) is 2.82. The minimum absolute atomic E-state index is 0.0452. The standard InChI is InChI=1S/C10H13F3N4O2S/c1-2-14-8-4-3-7(17(18)19)9(16-8)15-5-6-20-10(11,12)13/h3-4H,2,5-6H2,1H3,(H2,14,15,16). The van der Waals surface area contributed by atoms with E-state index in [1.54, 1.807) is 0 Å². The Morgan fingerprint density at radius 1 is 1.40 bits per heavy atom. The molecule has 0 aliphatic rings. The first-order chi connectivity index (χ1) is 9.33. The summed E-state index contributed by atoms with van der Waals surface area (Å²) in [4.78, 5) is 14.1. The van der Waals surface area contributed by atoms with Gasteiger partial charge in [-0.1, -0.05) is 0 Å². The molecule has 0 aliphatic heterocycles. The van der Waals surface area contributed by atoms with E-state index in [4.69, 9.17) is 0 Å². The van der Waals surface area contributed by atoms with Gasteiger partial charge in [-0.25, -0.2) is 4.98 Å². The highest BCUT2D eigenvalue weighted by molar-refractivity contribution is 8.00. The summed E-state index contributed by atoms with van der Waals surface area (Å²) < 4.78 is 35.9. The van der Waals surface area contributed by atoms with Crippen molar-refractivity contribution in [3.05, 3.63) is 22.2 Å². The van der Waals surface area contributed by atoms with Crippen molar-refractivity contribution in [3.8, 4) is 0 Å². The molecule has 0 aromatic carbocycles. The molecule has 10 heteroatoms. The fourth-order valence-electron chi connectivity index (χ4n) is 1.34. The predicted octanol–water partition coefficient (Wildman–Crippen LogP) is 3.09. The molecule has 6 nitrogen and oxygen atoms in total. The van der Waals surface area contributed by atoms with Crippen LogP contribution in [0.5, 0.6) is 0 Å². The zero-order valence-electron chi connectivity index (χ0n) is 10.5. The van der Waals surface area contributed by atoms with Crippen LogP contribution < -0.4 is 10.6 Å². The first-order valence-corrected chi connectivity index (χ1v) is 6.66. The maximum Gasteiger partial charge on any atom is 0.441 e. The van der Waals surface area contributed by atoms with Gasteiger partial charge >= 0.3 is 11.2 Å². The normalized spacial score (nSPS) is 11.2. The van der Waals surface area contributed by atoms with E-state index in [0.29, 0.717) is 12.4 Å². The zero-order chi connectivity index (χ0) is 15.2. The highest BCUT2D eigenvalue weighted by Crippen LogP contribution is 2.30. The van der Waals surface area contributed by atoms with E-state index < -0.39 is 10.4 Å². The Hall–Kier alpha value is -1.71. The first kappa shape index (κ1) is 16.3. The van der Waals surface area contributed by atoms with Gasteiger partial charge < -0.3 is 10.6 Å². The predicted molar refractivity (Wildman–Crippen MR) is 72.1 cm³/mol. The largest absolute Gasteiger partial charge is 0.441 e. The minimum atomic E-state index is -4.31. The van der Waals surface area contributed by atoms with E-state index >= 15 is 0 Å². The second kappa shape index (κ2) is 7.17. The van der Waals surface area contributed by atoms with Crippen LogP contribution in [0.2, 0.25) is 0 Å². The zero-order valence-corrected chi connectivity index (χ0v) is 11.3. The van der Waals surface area contributed by atoms with Crippen LogP contribution in [-0.2, 0) is 0 Å². The molecule has 0 atom stereocenters. The Morgan fingerprint density at radius 2 is 2.10 bits per heavy atom. The molecular weight excluding hydrogens is 297 g/mol. The number of anilines is 2. The van der Waals surface area contributed by atoms with Crippen LogP contribution in [0.4, 0.5) is 30.5 Å². The van der Waals surface area contributed by atoms with Crippen LogP contribution in [0.3, 0.4) is 0 Å². The molecule has 0 aliphatic carbocycles. The van der Waals surface area contributed by atoms with E-state index in [2.05, 4.69) is 15.6 Å². The molecule has 0 unspecified atom stereocenters. The van der Waals surface area contributed by atoms with Crippen molar-refractivity contribution in [1.29, 1.82) is 0 Å². The molecular formula is C10H13F3N4O2S.